The SMILES string of the molecule is Nc1cn(-c2cccc3cc(Br)cnc23)nn1. The molecule has 0 aliphatic rings. The van der Waals surface area contributed by atoms with Gasteiger partial charge in [-0.25, -0.2) is 4.68 Å². The Morgan fingerprint density at radius 3 is 2.94 bits per heavy atom. The number of para-hydroxylation sites is 1. The van der Waals surface area contributed by atoms with Crippen LogP contribution in [0, 0.1) is 0 Å². The van der Waals surface area contributed by atoms with Crippen molar-refractivity contribution in [1.82, 2.24) is 20.0 Å². The van der Waals surface area contributed by atoms with E-state index in [1.165, 1.54) is 0 Å². The van der Waals surface area contributed by atoms with E-state index < -0.39 is 0 Å². The van der Waals surface area contributed by atoms with Crippen LogP contribution in [0.25, 0.3) is 16.6 Å². The third-order valence-corrected chi connectivity index (χ3v) is 2.85. The lowest BCUT2D eigenvalue weighted by Crippen LogP contribution is -1.97. The van der Waals surface area contributed by atoms with E-state index in [2.05, 4.69) is 31.2 Å². The monoisotopic (exact) mass is 289 g/mol. The molecule has 6 heteroatoms. The van der Waals surface area contributed by atoms with Crippen molar-refractivity contribution in [1.29, 1.82) is 0 Å². The van der Waals surface area contributed by atoms with Gasteiger partial charge in [-0.2, -0.15) is 0 Å². The Hall–Kier alpha value is -1.95. The summed E-state index contributed by atoms with van der Waals surface area (Å²) in [5, 5.41) is 8.75. The first kappa shape index (κ1) is 10.2. The first-order valence-electron chi connectivity index (χ1n) is 4.96. The van der Waals surface area contributed by atoms with Gasteiger partial charge < -0.3 is 5.73 Å². The number of benzene rings is 1. The topological polar surface area (TPSA) is 69.6 Å². The minimum atomic E-state index is 0.388. The molecular formula is C11H8BrN5. The summed E-state index contributed by atoms with van der Waals surface area (Å²) in [6.07, 6.45) is 3.42. The van der Waals surface area contributed by atoms with E-state index >= 15 is 0 Å². The summed E-state index contributed by atoms with van der Waals surface area (Å²) in [6, 6.07) is 7.88. The second-order valence-electron chi connectivity index (χ2n) is 3.59. The van der Waals surface area contributed by atoms with E-state index in [-0.39, 0.29) is 0 Å². The molecule has 3 rings (SSSR count). The van der Waals surface area contributed by atoms with E-state index in [1.54, 1.807) is 17.1 Å². The fourth-order valence-corrected chi connectivity index (χ4v) is 2.05. The summed E-state index contributed by atoms with van der Waals surface area (Å²) in [5.41, 5.74) is 7.28. The molecular weight excluding hydrogens is 282 g/mol. The van der Waals surface area contributed by atoms with Gasteiger partial charge in [-0.05, 0) is 28.1 Å². The third kappa shape index (κ3) is 1.76. The van der Waals surface area contributed by atoms with Gasteiger partial charge >= 0.3 is 0 Å². The Bertz CT molecular complexity index is 691. The highest BCUT2D eigenvalue weighted by Gasteiger charge is 2.06. The fourth-order valence-electron chi connectivity index (χ4n) is 1.70. The van der Waals surface area contributed by atoms with Crippen LogP contribution >= 0.6 is 15.9 Å². The number of anilines is 1. The van der Waals surface area contributed by atoms with Crippen molar-refractivity contribution >= 4 is 32.7 Å². The number of nitrogen functional groups attached to an aromatic ring is 1. The van der Waals surface area contributed by atoms with Gasteiger partial charge in [0.2, 0.25) is 0 Å². The number of rotatable bonds is 1. The number of nitrogens with zero attached hydrogens (tertiary/aromatic N) is 4. The molecule has 0 amide bonds. The average Bonchev–Trinajstić information content (AvgIpc) is 2.74. The van der Waals surface area contributed by atoms with Crippen LogP contribution in [-0.4, -0.2) is 20.0 Å². The van der Waals surface area contributed by atoms with Gasteiger partial charge in [-0.3, -0.25) is 4.98 Å². The molecule has 2 N–H and O–H groups in total. The molecule has 2 heterocycles. The summed E-state index contributed by atoms with van der Waals surface area (Å²) in [6.45, 7) is 0. The summed E-state index contributed by atoms with van der Waals surface area (Å²) >= 11 is 3.40. The van der Waals surface area contributed by atoms with E-state index in [0.717, 1.165) is 21.1 Å². The lowest BCUT2D eigenvalue weighted by atomic mass is 10.2. The molecule has 3 aromatic rings. The van der Waals surface area contributed by atoms with Crippen LogP contribution in [0.2, 0.25) is 0 Å². The van der Waals surface area contributed by atoms with Crippen molar-refractivity contribution in [2.45, 2.75) is 0 Å². The van der Waals surface area contributed by atoms with E-state index in [9.17, 15) is 0 Å². The maximum atomic E-state index is 5.56. The summed E-state index contributed by atoms with van der Waals surface area (Å²) in [4.78, 5) is 4.39. The lowest BCUT2D eigenvalue weighted by molar-refractivity contribution is 0.807. The van der Waals surface area contributed by atoms with Crippen LogP contribution in [0.3, 0.4) is 0 Å². The molecule has 5 nitrogen and oxygen atoms in total. The fraction of sp³-hybridized carbons (Fsp3) is 0. The van der Waals surface area contributed by atoms with E-state index in [4.69, 9.17) is 5.73 Å². The normalized spacial score (nSPS) is 10.9. The molecule has 17 heavy (non-hydrogen) atoms. The van der Waals surface area contributed by atoms with Gasteiger partial charge in [0.1, 0.15) is 0 Å². The van der Waals surface area contributed by atoms with Crippen molar-refractivity contribution in [3.05, 3.63) is 41.1 Å². The Morgan fingerprint density at radius 2 is 2.18 bits per heavy atom. The average molecular weight is 290 g/mol. The first-order chi connectivity index (χ1) is 8.24. The predicted molar refractivity (Wildman–Crippen MR) is 68.8 cm³/mol. The van der Waals surface area contributed by atoms with Crippen LogP contribution < -0.4 is 5.73 Å². The number of nitrogens with two attached hydrogens (primary N) is 1. The van der Waals surface area contributed by atoms with E-state index in [1.807, 2.05) is 24.3 Å². The Balaban J connectivity index is 2.30. The highest BCUT2D eigenvalue weighted by Crippen LogP contribution is 2.22. The molecule has 1 aromatic carbocycles. The van der Waals surface area contributed by atoms with Gasteiger partial charge in [0.15, 0.2) is 5.82 Å². The number of pyridine rings is 1. The lowest BCUT2D eigenvalue weighted by Gasteiger charge is -2.04. The number of halogens is 1. The number of hydrogen-bond donors (Lipinski definition) is 1. The zero-order chi connectivity index (χ0) is 11.8. The summed E-state index contributed by atoms with van der Waals surface area (Å²) in [5.74, 6) is 0.388. The van der Waals surface area contributed by atoms with Crippen LogP contribution in [0.15, 0.2) is 41.1 Å². The van der Waals surface area contributed by atoms with Crippen LogP contribution in [0.4, 0.5) is 5.82 Å². The van der Waals surface area contributed by atoms with Crippen LogP contribution in [0.5, 0.6) is 0 Å². The molecule has 0 fully saturated rings. The van der Waals surface area contributed by atoms with Crippen molar-refractivity contribution in [2.75, 3.05) is 5.73 Å². The molecule has 84 valence electrons. The summed E-state index contributed by atoms with van der Waals surface area (Å²) < 4.78 is 2.57. The van der Waals surface area contributed by atoms with Gasteiger partial charge in [-0.15, -0.1) is 5.10 Å². The number of aromatic nitrogens is 4. The molecule has 0 radical (unpaired) electrons. The molecule has 2 aromatic heterocycles. The molecule has 0 bridgehead atoms. The Morgan fingerprint density at radius 1 is 1.29 bits per heavy atom. The van der Waals surface area contributed by atoms with Gasteiger partial charge in [0.25, 0.3) is 0 Å². The molecule has 0 aliphatic heterocycles. The molecule has 0 spiro atoms. The quantitative estimate of drug-likeness (QED) is 0.745. The van der Waals surface area contributed by atoms with E-state index in [0.29, 0.717) is 5.82 Å². The number of fused-ring (bicyclic) bond motifs is 1. The largest absolute Gasteiger partial charge is 0.381 e. The molecule has 0 unspecified atom stereocenters. The Labute approximate surface area is 105 Å². The van der Waals surface area contributed by atoms with Gasteiger partial charge in [-0.1, -0.05) is 17.3 Å². The third-order valence-electron chi connectivity index (χ3n) is 2.41. The van der Waals surface area contributed by atoms with Crippen LogP contribution in [0.1, 0.15) is 0 Å². The van der Waals surface area contributed by atoms with Crippen molar-refractivity contribution in [2.24, 2.45) is 0 Å². The maximum Gasteiger partial charge on any atom is 0.166 e. The summed E-state index contributed by atoms with van der Waals surface area (Å²) in [7, 11) is 0. The number of hydrogen-bond acceptors (Lipinski definition) is 4. The minimum Gasteiger partial charge on any atom is -0.381 e. The smallest absolute Gasteiger partial charge is 0.166 e. The van der Waals surface area contributed by atoms with Gasteiger partial charge in [0, 0.05) is 16.1 Å². The van der Waals surface area contributed by atoms with Crippen molar-refractivity contribution < 1.29 is 0 Å². The van der Waals surface area contributed by atoms with Crippen molar-refractivity contribution in [3.8, 4) is 5.69 Å². The van der Waals surface area contributed by atoms with Gasteiger partial charge in [0.05, 0.1) is 17.4 Å². The van der Waals surface area contributed by atoms with Crippen molar-refractivity contribution in [3.63, 3.8) is 0 Å². The Kier molecular flexibility index (Phi) is 2.29. The zero-order valence-electron chi connectivity index (χ0n) is 8.71. The molecule has 0 saturated heterocycles. The minimum absolute atomic E-state index is 0.388. The molecule has 0 atom stereocenters. The first-order valence-corrected chi connectivity index (χ1v) is 5.76. The highest BCUT2D eigenvalue weighted by atomic mass is 79.9. The molecule has 0 saturated carbocycles. The zero-order valence-corrected chi connectivity index (χ0v) is 10.3. The molecule has 0 aliphatic carbocycles. The van der Waals surface area contributed by atoms with Crippen LogP contribution in [-0.2, 0) is 0 Å². The predicted octanol–water partition coefficient (Wildman–Crippen LogP) is 2.16. The second-order valence-corrected chi connectivity index (χ2v) is 4.51. The maximum absolute atomic E-state index is 5.56. The highest BCUT2D eigenvalue weighted by molar-refractivity contribution is 9.10. The standard InChI is InChI=1S/C11H8BrN5/c12-8-4-7-2-1-3-9(11(7)14-5-8)17-6-10(13)15-16-17/h1-6H,13H2. The second kappa shape index (κ2) is 3.81.